The molecule has 43 heavy (non-hydrogen) atoms. The van der Waals surface area contributed by atoms with Crippen molar-refractivity contribution < 1.29 is 32.6 Å². The first kappa shape index (κ1) is 30.8. The number of carbonyl (C=O) groups is 2. The summed E-state index contributed by atoms with van der Waals surface area (Å²) in [4.78, 5) is 27.6. The van der Waals surface area contributed by atoms with Crippen LogP contribution in [0.4, 0.5) is 18.4 Å². The summed E-state index contributed by atoms with van der Waals surface area (Å²) in [6, 6.07) is 10.0. The molecule has 2 aromatic heterocycles. The highest BCUT2D eigenvalue weighted by Gasteiger charge is 2.31. The van der Waals surface area contributed by atoms with Gasteiger partial charge in [-0.3, -0.25) is 0 Å². The lowest BCUT2D eigenvalue weighted by molar-refractivity contribution is 0.0541. The summed E-state index contributed by atoms with van der Waals surface area (Å²) in [6.07, 6.45) is 1.15. The van der Waals surface area contributed by atoms with Crippen LogP contribution in [0.3, 0.4) is 0 Å². The minimum absolute atomic E-state index is 0.219. The normalized spacial score (nSPS) is 12.5. The van der Waals surface area contributed by atoms with Crippen molar-refractivity contribution in [2.75, 3.05) is 11.9 Å². The molecule has 7 nitrogen and oxygen atoms in total. The molecule has 0 aliphatic rings. The van der Waals surface area contributed by atoms with Crippen LogP contribution in [0.5, 0.6) is 5.75 Å². The smallest absolute Gasteiger partial charge is 0.419 e. The first-order chi connectivity index (χ1) is 20.2. The number of alkyl halides is 1. The number of benzene rings is 3. The molecular formula is C33H35BrF2N2O5. The van der Waals surface area contributed by atoms with Crippen molar-refractivity contribution in [1.82, 2.24) is 9.13 Å². The zero-order valence-electron chi connectivity index (χ0n) is 25.1. The first-order valence-corrected chi connectivity index (χ1v) is 15.4. The number of carbonyl (C=O) groups excluding carboxylic acids is 2. The summed E-state index contributed by atoms with van der Waals surface area (Å²) in [5.41, 5.74) is -0.219. The van der Waals surface area contributed by atoms with Crippen molar-refractivity contribution in [1.29, 1.82) is 0 Å². The third kappa shape index (κ3) is 6.07. The summed E-state index contributed by atoms with van der Waals surface area (Å²) >= 11 is 3.45. The monoisotopic (exact) mass is 656 g/mol. The lowest BCUT2D eigenvalue weighted by Gasteiger charge is -2.22. The molecule has 0 bridgehead atoms. The van der Waals surface area contributed by atoms with E-state index in [0.717, 1.165) is 18.2 Å². The van der Waals surface area contributed by atoms with Crippen molar-refractivity contribution >= 4 is 71.7 Å². The van der Waals surface area contributed by atoms with Crippen molar-refractivity contribution in [3.63, 3.8) is 0 Å². The molecule has 3 aromatic carbocycles. The van der Waals surface area contributed by atoms with Gasteiger partial charge >= 0.3 is 12.2 Å². The number of hydrogen-bond donors (Lipinski definition) is 0. The van der Waals surface area contributed by atoms with Gasteiger partial charge in [-0.05, 0) is 103 Å². The summed E-state index contributed by atoms with van der Waals surface area (Å²) in [5.74, 6) is -0.762. The number of ether oxygens (including phenoxy) is 3. The van der Waals surface area contributed by atoms with E-state index in [0.29, 0.717) is 50.0 Å². The fourth-order valence-electron chi connectivity index (χ4n) is 5.25. The molecular weight excluding hydrogens is 622 g/mol. The number of unbranched alkanes of at least 4 members (excludes halogenated alkanes) is 2. The molecule has 0 unspecified atom stereocenters. The maximum absolute atomic E-state index is 14.7. The van der Waals surface area contributed by atoms with Crippen molar-refractivity contribution in [3.05, 3.63) is 54.1 Å². The van der Waals surface area contributed by atoms with Gasteiger partial charge in [-0.1, -0.05) is 15.9 Å². The molecule has 0 fully saturated rings. The standard InChI is InChI=1S/C33H35BrF2N2O5/c1-32(2,3)42-30(39)37-25-12-10-19(35)16-21(25)23-18-24-22-17-20(36)11-13-26(22)38(31(40)43-33(4,5)6)28(24)29(27(23)37)41-15-9-7-8-14-34/h10-13,16-18H,7-9,14-15H2,1-6H3. The molecule has 0 amide bonds. The summed E-state index contributed by atoms with van der Waals surface area (Å²) in [6.45, 7) is 10.8. The molecule has 5 rings (SSSR count). The Hall–Kier alpha value is -3.66. The van der Waals surface area contributed by atoms with Gasteiger partial charge in [-0.25, -0.2) is 27.5 Å². The van der Waals surface area contributed by atoms with Gasteiger partial charge in [0.2, 0.25) is 0 Å². The van der Waals surface area contributed by atoms with E-state index in [4.69, 9.17) is 14.2 Å². The second kappa shape index (κ2) is 11.4. The number of hydrogen-bond acceptors (Lipinski definition) is 5. The molecule has 0 N–H and O–H groups in total. The summed E-state index contributed by atoms with van der Waals surface area (Å²) in [7, 11) is 0. The Kier molecular flexibility index (Phi) is 8.19. The zero-order valence-corrected chi connectivity index (χ0v) is 26.7. The highest BCUT2D eigenvalue weighted by molar-refractivity contribution is 9.09. The van der Waals surface area contributed by atoms with Crippen LogP contribution < -0.4 is 4.74 Å². The maximum Gasteiger partial charge on any atom is 0.419 e. The predicted octanol–water partition coefficient (Wildman–Crippen LogP) is 9.69. The Morgan fingerprint density at radius 1 is 0.698 bits per heavy atom. The minimum Gasteiger partial charge on any atom is -0.489 e. The Balaban J connectivity index is 1.95. The van der Waals surface area contributed by atoms with Crippen LogP contribution in [0.2, 0.25) is 0 Å². The van der Waals surface area contributed by atoms with Gasteiger partial charge in [0.25, 0.3) is 0 Å². The van der Waals surface area contributed by atoms with Crippen LogP contribution in [0.25, 0.3) is 43.6 Å². The number of fused-ring (bicyclic) bond motifs is 6. The Morgan fingerprint density at radius 2 is 1.16 bits per heavy atom. The number of halogens is 3. The molecule has 0 aliphatic heterocycles. The Bertz CT molecular complexity index is 1750. The predicted molar refractivity (Wildman–Crippen MR) is 169 cm³/mol. The van der Waals surface area contributed by atoms with Crippen LogP contribution in [0.15, 0.2) is 42.5 Å². The molecule has 10 heteroatoms. The fraction of sp³-hybridized carbons (Fsp3) is 0.394. The first-order valence-electron chi connectivity index (χ1n) is 14.3. The van der Waals surface area contributed by atoms with Gasteiger partial charge in [0.1, 0.15) is 33.9 Å². The topological polar surface area (TPSA) is 71.7 Å². The van der Waals surface area contributed by atoms with Crippen LogP contribution in [0, 0.1) is 11.6 Å². The van der Waals surface area contributed by atoms with Crippen LogP contribution in [-0.2, 0) is 9.47 Å². The van der Waals surface area contributed by atoms with E-state index >= 15 is 0 Å². The maximum atomic E-state index is 14.7. The van der Waals surface area contributed by atoms with E-state index in [1.807, 2.05) is 0 Å². The second-order valence-electron chi connectivity index (χ2n) is 12.6. The highest BCUT2D eigenvalue weighted by Crippen LogP contribution is 2.45. The average molecular weight is 658 g/mol. The number of rotatable bonds is 6. The molecule has 0 saturated carbocycles. The van der Waals surface area contributed by atoms with Gasteiger partial charge in [0.15, 0.2) is 5.75 Å². The lowest BCUT2D eigenvalue weighted by atomic mass is 10.1. The van der Waals surface area contributed by atoms with Gasteiger partial charge < -0.3 is 14.2 Å². The average Bonchev–Trinajstić information content (AvgIpc) is 3.38. The SMILES string of the molecule is CC(C)(C)OC(=O)n1c2ccc(F)cc2c2cc3c4cc(F)ccc4n(C(=O)OC(C)(C)C)c3c(OCCCCCBr)c21. The molecule has 228 valence electrons. The van der Waals surface area contributed by atoms with Crippen LogP contribution in [0.1, 0.15) is 60.8 Å². The molecule has 0 spiro atoms. The third-order valence-electron chi connectivity index (χ3n) is 6.83. The Morgan fingerprint density at radius 3 is 1.58 bits per heavy atom. The van der Waals surface area contributed by atoms with E-state index in [2.05, 4.69) is 15.9 Å². The largest absolute Gasteiger partial charge is 0.489 e. The van der Waals surface area contributed by atoms with E-state index in [1.54, 1.807) is 47.6 Å². The lowest BCUT2D eigenvalue weighted by Crippen LogP contribution is -2.27. The third-order valence-corrected chi connectivity index (χ3v) is 7.39. The Labute approximate surface area is 256 Å². The van der Waals surface area contributed by atoms with Crippen LogP contribution >= 0.6 is 15.9 Å². The van der Waals surface area contributed by atoms with Crippen molar-refractivity contribution in [2.45, 2.75) is 72.0 Å². The number of nitrogens with zero attached hydrogens (tertiary/aromatic N) is 2. The molecule has 5 aromatic rings. The molecule has 0 aliphatic carbocycles. The van der Waals surface area contributed by atoms with E-state index < -0.39 is 35.0 Å². The van der Waals surface area contributed by atoms with Crippen molar-refractivity contribution in [3.8, 4) is 5.75 Å². The minimum atomic E-state index is -0.830. The van der Waals surface area contributed by atoms with Gasteiger partial charge in [0.05, 0.1) is 17.6 Å². The van der Waals surface area contributed by atoms with Gasteiger partial charge in [-0.2, -0.15) is 0 Å². The van der Waals surface area contributed by atoms with Gasteiger partial charge in [-0.15, -0.1) is 0 Å². The van der Waals surface area contributed by atoms with Crippen molar-refractivity contribution in [2.24, 2.45) is 0 Å². The zero-order chi connectivity index (χ0) is 31.3. The summed E-state index contributed by atoms with van der Waals surface area (Å²) in [5, 5.41) is 2.73. The highest BCUT2D eigenvalue weighted by atomic mass is 79.9. The number of aromatic nitrogens is 2. The van der Waals surface area contributed by atoms with Gasteiger partial charge in [0, 0.05) is 26.9 Å². The second-order valence-corrected chi connectivity index (χ2v) is 13.3. The fourth-order valence-corrected chi connectivity index (χ4v) is 5.65. The molecule has 0 radical (unpaired) electrons. The van der Waals surface area contributed by atoms with E-state index in [1.165, 1.54) is 45.5 Å². The van der Waals surface area contributed by atoms with Crippen LogP contribution in [-0.4, -0.2) is 44.5 Å². The van der Waals surface area contributed by atoms with E-state index in [9.17, 15) is 18.4 Å². The quantitative estimate of drug-likeness (QED) is 0.134. The molecule has 0 saturated heterocycles. The van der Waals surface area contributed by atoms with E-state index in [-0.39, 0.29) is 12.4 Å². The molecule has 0 atom stereocenters. The summed E-state index contributed by atoms with van der Waals surface area (Å²) < 4.78 is 50.1. The molecule has 2 heterocycles.